The number of hydrogen-bond acceptors (Lipinski definition) is 3. The summed E-state index contributed by atoms with van der Waals surface area (Å²) in [6.07, 6.45) is 0.419. The quantitative estimate of drug-likeness (QED) is 0.403. The summed E-state index contributed by atoms with van der Waals surface area (Å²) in [4.78, 5) is 27.6. The van der Waals surface area contributed by atoms with E-state index in [0.717, 1.165) is 0 Å². The normalized spacial score (nSPS) is 11.9. The first kappa shape index (κ1) is 26.6. The van der Waals surface area contributed by atoms with Crippen molar-refractivity contribution in [1.29, 1.82) is 0 Å². The molecule has 32 heavy (non-hydrogen) atoms. The molecule has 2 rings (SSSR count). The van der Waals surface area contributed by atoms with Crippen LogP contribution in [0, 0.1) is 5.92 Å². The van der Waals surface area contributed by atoms with Gasteiger partial charge in [-0.2, -0.15) is 0 Å². The molecule has 0 radical (unpaired) electrons. The van der Waals surface area contributed by atoms with E-state index in [9.17, 15) is 9.59 Å². The van der Waals surface area contributed by atoms with Crippen LogP contribution in [0.5, 0.6) is 5.75 Å². The van der Waals surface area contributed by atoms with Crippen molar-refractivity contribution >= 4 is 58.2 Å². The second-order valence-electron chi connectivity index (χ2n) is 7.68. The third kappa shape index (κ3) is 7.73. The molecule has 0 unspecified atom stereocenters. The molecule has 9 heteroatoms. The van der Waals surface area contributed by atoms with E-state index < -0.39 is 6.04 Å². The molecule has 0 aromatic heterocycles. The fourth-order valence-electron chi connectivity index (χ4n) is 2.99. The molecule has 2 amide bonds. The molecule has 174 valence electrons. The average molecular weight is 520 g/mol. The predicted octanol–water partition coefficient (Wildman–Crippen LogP) is 6.26. The average Bonchev–Trinajstić information content (AvgIpc) is 2.72. The van der Waals surface area contributed by atoms with Crippen molar-refractivity contribution in [3.8, 4) is 5.75 Å². The molecule has 0 bridgehead atoms. The van der Waals surface area contributed by atoms with Gasteiger partial charge in [0.05, 0.1) is 5.02 Å². The fraction of sp³-hybridized carbons (Fsp3) is 0.391. The Morgan fingerprint density at radius 1 is 1.00 bits per heavy atom. The molecule has 0 aliphatic carbocycles. The molecule has 5 nitrogen and oxygen atoms in total. The molecular formula is C23H26Cl4N2O3. The van der Waals surface area contributed by atoms with Crippen molar-refractivity contribution in [2.75, 3.05) is 13.2 Å². The van der Waals surface area contributed by atoms with Crippen molar-refractivity contribution < 1.29 is 14.3 Å². The minimum atomic E-state index is -0.697. The van der Waals surface area contributed by atoms with Gasteiger partial charge in [-0.3, -0.25) is 9.59 Å². The summed E-state index contributed by atoms with van der Waals surface area (Å²) in [5.41, 5.74) is 0.670. The summed E-state index contributed by atoms with van der Waals surface area (Å²) in [7, 11) is 0. The van der Waals surface area contributed by atoms with Crippen LogP contribution in [-0.2, 0) is 16.1 Å². The van der Waals surface area contributed by atoms with Crippen LogP contribution in [0.3, 0.4) is 0 Å². The number of carbonyl (C=O) groups excluding carboxylic acids is 2. The predicted molar refractivity (Wildman–Crippen MR) is 131 cm³/mol. The molecular weight excluding hydrogens is 494 g/mol. The molecule has 2 aromatic carbocycles. The Balaban J connectivity index is 2.26. The Labute approximate surface area is 208 Å². The Bertz CT molecular complexity index is 953. The van der Waals surface area contributed by atoms with Gasteiger partial charge in [0.1, 0.15) is 11.8 Å². The van der Waals surface area contributed by atoms with Gasteiger partial charge in [0.2, 0.25) is 5.91 Å². The van der Waals surface area contributed by atoms with E-state index in [2.05, 4.69) is 5.32 Å². The number of halogens is 4. The summed E-state index contributed by atoms with van der Waals surface area (Å²) in [5, 5.41) is 4.55. The molecule has 1 atom stereocenters. The van der Waals surface area contributed by atoms with Crippen molar-refractivity contribution in [2.45, 2.75) is 39.8 Å². The molecule has 0 fully saturated rings. The monoisotopic (exact) mass is 518 g/mol. The zero-order chi connectivity index (χ0) is 23.8. The summed E-state index contributed by atoms with van der Waals surface area (Å²) in [6.45, 7) is 6.18. The van der Waals surface area contributed by atoms with Crippen LogP contribution >= 0.6 is 46.4 Å². The third-order valence-corrected chi connectivity index (χ3v) is 5.79. The minimum Gasteiger partial charge on any atom is -0.482 e. The van der Waals surface area contributed by atoms with Crippen LogP contribution < -0.4 is 10.1 Å². The fourth-order valence-corrected chi connectivity index (χ4v) is 3.92. The SMILES string of the molecule is CC[C@@H](C(=O)NCC(C)C)N(Cc1ccc(Cl)cc1Cl)C(=O)COc1ccc(Cl)cc1Cl. The van der Waals surface area contributed by atoms with Gasteiger partial charge < -0.3 is 15.0 Å². The molecule has 0 spiro atoms. The second kappa shape index (κ2) is 12.5. The molecule has 2 aromatic rings. The van der Waals surface area contributed by atoms with Crippen molar-refractivity contribution in [3.05, 3.63) is 62.1 Å². The lowest BCUT2D eigenvalue weighted by atomic mass is 10.1. The number of hydrogen-bond donors (Lipinski definition) is 1. The molecule has 0 saturated heterocycles. The number of nitrogens with zero attached hydrogens (tertiary/aromatic N) is 1. The van der Waals surface area contributed by atoms with Gasteiger partial charge in [-0.15, -0.1) is 0 Å². The Hall–Kier alpha value is -1.66. The molecule has 1 N–H and O–H groups in total. The van der Waals surface area contributed by atoms with Crippen molar-refractivity contribution in [1.82, 2.24) is 10.2 Å². The van der Waals surface area contributed by atoms with Crippen molar-refractivity contribution in [3.63, 3.8) is 0 Å². The second-order valence-corrected chi connectivity index (χ2v) is 9.37. The first-order valence-corrected chi connectivity index (χ1v) is 11.7. The maximum Gasteiger partial charge on any atom is 0.261 e. The highest BCUT2D eigenvalue weighted by Gasteiger charge is 2.29. The van der Waals surface area contributed by atoms with Crippen LogP contribution in [0.4, 0.5) is 0 Å². The van der Waals surface area contributed by atoms with Gasteiger partial charge >= 0.3 is 0 Å². The lowest BCUT2D eigenvalue weighted by Crippen LogP contribution is -2.50. The lowest BCUT2D eigenvalue weighted by molar-refractivity contribution is -0.143. The number of amides is 2. The van der Waals surface area contributed by atoms with E-state index in [1.807, 2.05) is 20.8 Å². The van der Waals surface area contributed by atoms with Gasteiger partial charge in [-0.1, -0.05) is 73.2 Å². The van der Waals surface area contributed by atoms with E-state index in [-0.39, 0.29) is 30.9 Å². The smallest absolute Gasteiger partial charge is 0.261 e. The highest BCUT2D eigenvalue weighted by atomic mass is 35.5. The van der Waals surface area contributed by atoms with Gasteiger partial charge in [-0.25, -0.2) is 0 Å². The first-order valence-electron chi connectivity index (χ1n) is 10.2. The highest BCUT2D eigenvalue weighted by molar-refractivity contribution is 6.35. The highest BCUT2D eigenvalue weighted by Crippen LogP contribution is 2.28. The van der Waals surface area contributed by atoms with Crippen LogP contribution in [-0.4, -0.2) is 35.9 Å². The molecule has 0 aliphatic rings. The van der Waals surface area contributed by atoms with Gasteiger partial charge in [0, 0.05) is 28.2 Å². The summed E-state index contributed by atoms with van der Waals surface area (Å²) in [5.74, 6) is -0.00867. The minimum absolute atomic E-state index is 0.125. The Kier molecular flexibility index (Phi) is 10.4. The summed E-state index contributed by atoms with van der Waals surface area (Å²) >= 11 is 24.4. The van der Waals surface area contributed by atoms with Gasteiger partial charge in [0.25, 0.3) is 5.91 Å². The van der Waals surface area contributed by atoms with Crippen LogP contribution in [0.25, 0.3) is 0 Å². The van der Waals surface area contributed by atoms with Gasteiger partial charge in [-0.05, 0) is 48.2 Å². The zero-order valence-electron chi connectivity index (χ0n) is 18.1. The van der Waals surface area contributed by atoms with Crippen LogP contribution in [0.1, 0.15) is 32.8 Å². The van der Waals surface area contributed by atoms with E-state index >= 15 is 0 Å². The largest absolute Gasteiger partial charge is 0.482 e. The Morgan fingerprint density at radius 2 is 1.62 bits per heavy atom. The van der Waals surface area contributed by atoms with Crippen LogP contribution in [0.15, 0.2) is 36.4 Å². The lowest BCUT2D eigenvalue weighted by Gasteiger charge is -2.31. The van der Waals surface area contributed by atoms with E-state index in [1.165, 1.54) is 11.0 Å². The Morgan fingerprint density at radius 3 is 2.19 bits per heavy atom. The third-order valence-electron chi connectivity index (χ3n) is 4.67. The zero-order valence-corrected chi connectivity index (χ0v) is 21.2. The molecule has 0 heterocycles. The number of nitrogens with one attached hydrogen (secondary N) is 1. The number of rotatable bonds is 10. The van der Waals surface area contributed by atoms with E-state index in [0.29, 0.717) is 44.4 Å². The number of ether oxygens (including phenoxy) is 1. The topological polar surface area (TPSA) is 58.6 Å². The van der Waals surface area contributed by atoms with Gasteiger partial charge in [0.15, 0.2) is 6.61 Å². The summed E-state index contributed by atoms with van der Waals surface area (Å²) < 4.78 is 5.63. The maximum absolute atomic E-state index is 13.2. The summed E-state index contributed by atoms with van der Waals surface area (Å²) in [6, 6.07) is 9.07. The molecule has 0 aliphatic heterocycles. The molecule has 0 saturated carbocycles. The van der Waals surface area contributed by atoms with Crippen molar-refractivity contribution in [2.24, 2.45) is 5.92 Å². The maximum atomic E-state index is 13.2. The van der Waals surface area contributed by atoms with Crippen LogP contribution in [0.2, 0.25) is 20.1 Å². The number of benzene rings is 2. The van der Waals surface area contributed by atoms with E-state index in [4.69, 9.17) is 51.1 Å². The standard InChI is InChI=1S/C23H26Cl4N2O3/c1-4-20(23(31)28-11-14(2)3)29(12-15-5-6-16(24)9-18(15)26)22(30)13-32-21-8-7-17(25)10-19(21)27/h5-10,14,20H,4,11-13H2,1-3H3,(H,28,31)/t20-/m0/s1. The first-order chi connectivity index (χ1) is 15.1. The van der Waals surface area contributed by atoms with E-state index in [1.54, 1.807) is 30.3 Å². The number of carbonyl (C=O) groups is 2.